The van der Waals surface area contributed by atoms with E-state index in [0.29, 0.717) is 29.1 Å². The van der Waals surface area contributed by atoms with Gasteiger partial charge in [0.15, 0.2) is 10.9 Å². The van der Waals surface area contributed by atoms with Crippen molar-refractivity contribution in [3.05, 3.63) is 53.9 Å². The van der Waals surface area contributed by atoms with Crippen LogP contribution in [0.2, 0.25) is 0 Å². The van der Waals surface area contributed by atoms with Gasteiger partial charge < -0.3 is 9.73 Å². The number of anilines is 1. The lowest BCUT2D eigenvalue weighted by Crippen LogP contribution is -2.15. The maximum atomic E-state index is 12.1. The van der Waals surface area contributed by atoms with Gasteiger partial charge >= 0.3 is 0 Å². The second-order valence-electron chi connectivity index (χ2n) is 4.88. The second kappa shape index (κ2) is 8.13. The molecule has 0 radical (unpaired) electrons. The Morgan fingerprint density at radius 1 is 1.40 bits per heavy atom. The van der Waals surface area contributed by atoms with Gasteiger partial charge in [-0.05, 0) is 40.2 Å². The van der Waals surface area contributed by atoms with E-state index < -0.39 is 0 Å². The van der Waals surface area contributed by atoms with Gasteiger partial charge in [0, 0.05) is 17.2 Å². The minimum atomic E-state index is -0.174. The predicted octanol–water partition coefficient (Wildman–Crippen LogP) is 3.61. The number of nitrogens with one attached hydrogen (secondary N) is 1. The first kappa shape index (κ1) is 17.4. The number of furan rings is 1. The Labute approximate surface area is 156 Å². The molecule has 3 aromatic heterocycles. The molecule has 25 heavy (non-hydrogen) atoms. The lowest BCUT2D eigenvalue weighted by molar-refractivity contribution is -0.113. The maximum Gasteiger partial charge on any atom is 0.236 e. The number of pyridine rings is 1. The van der Waals surface area contributed by atoms with Gasteiger partial charge in [-0.25, -0.2) is 4.98 Å². The molecular formula is C16H14BrN5O2S. The Hall–Kier alpha value is -2.39. The first-order valence-electron chi connectivity index (χ1n) is 7.29. The molecule has 3 aromatic rings. The van der Waals surface area contributed by atoms with Gasteiger partial charge in [0.1, 0.15) is 5.82 Å². The molecule has 128 valence electrons. The van der Waals surface area contributed by atoms with Crippen LogP contribution in [-0.4, -0.2) is 31.4 Å². The zero-order chi connectivity index (χ0) is 17.6. The number of thioether (sulfide) groups is 1. The number of carbonyl (C=O) groups is 1. The molecule has 3 heterocycles. The second-order valence-corrected chi connectivity index (χ2v) is 6.74. The minimum absolute atomic E-state index is 0.174. The molecule has 0 unspecified atom stereocenters. The van der Waals surface area contributed by atoms with E-state index in [4.69, 9.17) is 4.42 Å². The summed E-state index contributed by atoms with van der Waals surface area (Å²) in [7, 11) is 0. The molecule has 0 aliphatic heterocycles. The van der Waals surface area contributed by atoms with Crippen molar-refractivity contribution in [1.29, 1.82) is 0 Å². The van der Waals surface area contributed by atoms with Crippen molar-refractivity contribution < 1.29 is 9.21 Å². The van der Waals surface area contributed by atoms with Crippen LogP contribution in [0.4, 0.5) is 5.82 Å². The monoisotopic (exact) mass is 419 g/mol. The van der Waals surface area contributed by atoms with Crippen molar-refractivity contribution in [3.8, 4) is 11.6 Å². The van der Waals surface area contributed by atoms with E-state index >= 15 is 0 Å². The number of amides is 1. The minimum Gasteiger partial charge on any atom is -0.461 e. The van der Waals surface area contributed by atoms with Crippen LogP contribution in [0.15, 0.2) is 63.4 Å². The average molecular weight is 420 g/mol. The number of nitrogens with zero attached hydrogens (tertiary/aromatic N) is 4. The molecule has 0 aliphatic carbocycles. The largest absolute Gasteiger partial charge is 0.461 e. The zero-order valence-electron chi connectivity index (χ0n) is 13.1. The van der Waals surface area contributed by atoms with Crippen LogP contribution in [0.1, 0.15) is 0 Å². The molecular weight excluding hydrogens is 406 g/mol. The quantitative estimate of drug-likeness (QED) is 0.464. The zero-order valence-corrected chi connectivity index (χ0v) is 15.5. The molecule has 1 N–H and O–H groups in total. The van der Waals surface area contributed by atoms with Crippen LogP contribution in [0.5, 0.6) is 0 Å². The summed E-state index contributed by atoms with van der Waals surface area (Å²) >= 11 is 4.59. The van der Waals surface area contributed by atoms with Crippen molar-refractivity contribution in [2.45, 2.75) is 11.7 Å². The summed E-state index contributed by atoms with van der Waals surface area (Å²) in [5.41, 5.74) is 0. The Morgan fingerprint density at radius 2 is 2.28 bits per heavy atom. The first-order chi connectivity index (χ1) is 12.2. The van der Waals surface area contributed by atoms with Crippen molar-refractivity contribution >= 4 is 39.4 Å². The lowest BCUT2D eigenvalue weighted by atomic mass is 10.4. The van der Waals surface area contributed by atoms with E-state index in [1.54, 1.807) is 30.7 Å². The molecule has 0 aromatic carbocycles. The molecule has 0 saturated carbocycles. The highest BCUT2D eigenvalue weighted by Gasteiger charge is 2.16. The van der Waals surface area contributed by atoms with E-state index in [9.17, 15) is 4.79 Å². The standard InChI is InChI=1S/C16H14BrN5O2S/c1-2-7-22-15(12-4-3-8-24-12)20-21-16(22)25-10-14(23)19-13-6-5-11(17)9-18-13/h2-6,8-9H,1,7,10H2,(H,18,19,23). The summed E-state index contributed by atoms with van der Waals surface area (Å²) in [6, 6.07) is 7.13. The Kier molecular flexibility index (Phi) is 5.67. The first-order valence-corrected chi connectivity index (χ1v) is 9.07. The SMILES string of the molecule is C=CCn1c(SCC(=O)Nc2ccc(Br)cn2)nnc1-c1ccco1. The Bertz CT molecular complexity index is 861. The van der Waals surface area contributed by atoms with Gasteiger partial charge in [0.25, 0.3) is 0 Å². The van der Waals surface area contributed by atoms with Crippen LogP contribution >= 0.6 is 27.7 Å². The fourth-order valence-electron chi connectivity index (χ4n) is 2.04. The molecule has 1 amide bonds. The number of rotatable bonds is 7. The number of allylic oxidation sites excluding steroid dienone is 1. The van der Waals surface area contributed by atoms with Crippen molar-refractivity contribution in [1.82, 2.24) is 19.7 Å². The number of hydrogen-bond acceptors (Lipinski definition) is 6. The van der Waals surface area contributed by atoms with E-state index in [2.05, 4.69) is 43.0 Å². The fraction of sp³-hybridized carbons (Fsp3) is 0.125. The molecule has 9 heteroatoms. The third-order valence-corrected chi connectivity index (χ3v) is 4.53. The Balaban J connectivity index is 1.67. The van der Waals surface area contributed by atoms with E-state index in [1.165, 1.54) is 11.8 Å². The van der Waals surface area contributed by atoms with Crippen molar-refractivity contribution in [3.63, 3.8) is 0 Å². The van der Waals surface area contributed by atoms with Gasteiger partial charge in [-0.1, -0.05) is 17.8 Å². The van der Waals surface area contributed by atoms with Crippen LogP contribution in [0, 0.1) is 0 Å². The third-order valence-electron chi connectivity index (χ3n) is 3.10. The van der Waals surface area contributed by atoms with Gasteiger partial charge in [-0.3, -0.25) is 9.36 Å². The highest BCUT2D eigenvalue weighted by Crippen LogP contribution is 2.24. The van der Waals surface area contributed by atoms with Crippen molar-refractivity contribution in [2.75, 3.05) is 11.1 Å². The normalized spacial score (nSPS) is 10.6. The number of carbonyl (C=O) groups excluding carboxylic acids is 1. The summed E-state index contributed by atoms with van der Waals surface area (Å²) in [6.07, 6.45) is 4.94. The molecule has 7 nitrogen and oxygen atoms in total. The van der Waals surface area contributed by atoms with Crippen LogP contribution in [-0.2, 0) is 11.3 Å². The summed E-state index contributed by atoms with van der Waals surface area (Å²) in [6.45, 7) is 4.26. The van der Waals surface area contributed by atoms with Crippen molar-refractivity contribution in [2.24, 2.45) is 0 Å². The van der Waals surface area contributed by atoms with Gasteiger partial charge in [0.05, 0.1) is 12.0 Å². The highest BCUT2D eigenvalue weighted by atomic mass is 79.9. The summed E-state index contributed by atoms with van der Waals surface area (Å²) in [5, 5.41) is 11.7. The molecule has 0 aliphatic rings. The smallest absolute Gasteiger partial charge is 0.236 e. The lowest BCUT2D eigenvalue weighted by Gasteiger charge is -2.06. The third kappa shape index (κ3) is 4.37. The van der Waals surface area contributed by atoms with Gasteiger partial charge in [0.2, 0.25) is 11.7 Å². The maximum absolute atomic E-state index is 12.1. The highest BCUT2D eigenvalue weighted by molar-refractivity contribution is 9.10. The van der Waals surface area contributed by atoms with Crippen LogP contribution < -0.4 is 5.32 Å². The summed E-state index contributed by atoms with van der Waals surface area (Å²) in [4.78, 5) is 16.2. The molecule has 0 fully saturated rings. The molecule has 0 spiro atoms. The van der Waals surface area contributed by atoms with Gasteiger partial charge in [-0.15, -0.1) is 16.8 Å². The molecule has 0 saturated heterocycles. The number of aromatic nitrogens is 4. The average Bonchev–Trinajstić information content (AvgIpc) is 3.25. The van der Waals surface area contributed by atoms with Crippen LogP contribution in [0.25, 0.3) is 11.6 Å². The van der Waals surface area contributed by atoms with E-state index in [0.717, 1.165) is 4.47 Å². The number of hydrogen-bond donors (Lipinski definition) is 1. The van der Waals surface area contributed by atoms with Gasteiger partial charge in [-0.2, -0.15) is 0 Å². The predicted molar refractivity (Wildman–Crippen MR) is 99.2 cm³/mol. The topological polar surface area (TPSA) is 85.8 Å². The summed E-state index contributed by atoms with van der Waals surface area (Å²) in [5.74, 6) is 1.72. The van der Waals surface area contributed by atoms with E-state index in [1.807, 2.05) is 16.7 Å². The molecule has 0 atom stereocenters. The molecule has 3 rings (SSSR count). The van der Waals surface area contributed by atoms with E-state index in [-0.39, 0.29) is 11.7 Å². The number of halogens is 1. The summed E-state index contributed by atoms with van der Waals surface area (Å²) < 4.78 is 8.07. The Morgan fingerprint density at radius 3 is 2.96 bits per heavy atom. The fourth-order valence-corrected chi connectivity index (χ4v) is 3.02. The molecule has 0 bridgehead atoms. The van der Waals surface area contributed by atoms with Crippen LogP contribution in [0.3, 0.4) is 0 Å².